The highest BCUT2D eigenvalue weighted by molar-refractivity contribution is 5.85. The molecule has 1 aliphatic heterocycles. The summed E-state index contributed by atoms with van der Waals surface area (Å²) < 4.78 is 5.46. The molecule has 1 aromatic carbocycles. The SMILES string of the molecule is CC(C)c1ccc(OCC(=O)NCC2CNC2)cc1.Cl. The minimum Gasteiger partial charge on any atom is -0.484 e. The van der Waals surface area contributed by atoms with E-state index in [4.69, 9.17) is 4.74 Å². The Hall–Kier alpha value is -1.26. The molecule has 0 unspecified atom stereocenters. The van der Waals surface area contributed by atoms with E-state index in [0.717, 1.165) is 25.4 Å². The predicted octanol–water partition coefficient (Wildman–Crippen LogP) is 1.95. The molecule has 0 saturated carbocycles. The third kappa shape index (κ3) is 5.02. The highest BCUT2D eigenvalue weighted by Gasteiger charge is 2.17. The Bertz CT molecular complexity index is 416. The number of hydrogen-bond acceptors (Lipinski definition) is 3. The lowest BCUT2D eigenvalue weighted by Crippen LogP contribution is -2.48. The van der Waals surface area contributed by atoms with E-state index in [1.54, 1.807) is 0 Å². The molecule has 4 nitrogen and oxygen atoms in total. The summed E-state index contributed by atoms with van der Waals surface area (Å²) in [5.41, 5.74) is 1.27. The van der Waals surface area contributed by atoms with Crippen molar-refractivity contribution in [2.75, 3.05) is 26.2 Å². The number of halogens is 1. The molecule has 2 rings (SSSR count). The van der Waals surface area contributed by atoms with Gasteiger partial charge < -0.3 is 15.4 Å². The van der Waals surface area contributed by atoms with Crippen LogP contribution in [-0.2, 0) is 4.79 Å². The van der Waals surface area contributed by atoms with Crippen LogP contribution in [0.15, 0.2) is 24.3 Å². The van der Waals surface area contributed by atoms with E-state index in [9.17, 15) is 4.79 Å². The van der Waals surface area contributed by atoms with Gasteiger partial charge >= 0.3 is 0 Å². The second kappa shape index (κ2) is 8.12. The van der Waals surface area contributed by atoms with Gasteiger partial charge in [0.05, 0.1) is 0 Å². The van der Waals surface area contributed by atoms with Crippen molar-refractivity contribution in [2.45, 2.75) is 19.8 Å². The van der Waals surface area contributed by atoms with E-state index in [-0.39, 0.29) is 24.9 Å². The van der Waals surface area contributed by atoms with Crippen molar-refractivity contribution >= 4 is 18.3 Å². The van der Waals surface area contributed by atoms with Crippen molar-refractivity contribution in [3.8, 4) is 5.75 Å². The van der Waals surface area contributed by atoms with Crippen LogP contribution in [-0.4, -0.2) is 32.1 Å². The van der Waals surface area contributed by atoms with Crippen LogP contribution < -0.4 is 15.4 Å². The summed E-state index contributed by atoms with van der Waals surface area (Å²) in [5.74, 6) is 1.77. The van der Waals surface area contributed by atoms with Crippen molar-refractivity contribution in [1.82, 2.24) is 10.6 Å². The van der Waals surface area contributed by atoms with Crippen molar-refractivity contribution in [3.05, 3.63) is 29.8 Å². The summed E-state index contributed by atoms with van der Waals surface area (Å²) in [6.45, 7) is 7.12. The number of rotatable bonds is 6. The molecule has 1 aromatic rings. The molecule has 0 aromatic heterocycles. The number of benzene rings is 1. The Balaban J connectivity index is 0.00000200. The third-order valence-corrected chi connectivity index (χ3v) is 3.37. The lowest BCUT2D eigenvalue weighted by Gasteiger charge is -2.27. The first-order valence-corrected chi connectivity index (χ1v) is 6.85. The van der Waals surface area contributed by atoms with Gasteiger partial charge in [-0.25, -0.2) is 0 Å². The molecule has 0 aliphatic carbocycles. The maximum absolute atomic E-state index is 11.6. The maximum atomic E-state index is 11.6. The molecular weight excluding hydrogens is 276 g/mol. The fraction of sp³-hybridized carbons (Fsp3) is 0.533. The Morgan fingerprint density at radius 2 is 2.00 bits per heavy atom. The highest BCUT2D eigenvalue weighted by Crippen LogP contribution is 2.18. The van der Waals surface area contributed by atoms with Crippen LogP contribution in [0.3, 0.4) is 0 Å². The summed E-state index contributed by atoms with van der Waals surface area (Å²) >= 11 is 0. The number of carbonyl (C=O) groups excluding carboxylic acids is 1. The Morgan fingerprint density at radius 3 is 2.50 bits per heavy atom. The summed E-state index contributed by atoms with van der Waals surface area (Å²) in [6.07, 6.45) is 0. The number of nitrogens with one attached hydrogen (secondary N) is 2. The zero-order valence-corrected chi connectivity index (χ0v) is 12.8. The lowest BCUT2D eigenvalue weighted by molar-refractivity contribution is -0.123. The highest BCUT2D eigenvalue weighted by atomic mass is 35.5. The molecule has 0 radical (unpaired) electrons. The van der Waals surface area contributed by atoms with Gasteiger partial charge in [0.15, 0.2) is 6.61 Å². The molecule has 1 amide bonds. The molecule has 2 N–H and O–H groups in total. The Morgan fingerprint density at radius 1 is 1.35 bits per heavy atom. The second-order valence-electron chi connectivity index (χ2n) is 5.34. The van der Waals surface area contributed by atoms with Crippen molar-refractivity contribution < 1.29 is 9.53 Å². The maximum Gasteiger partial charge on any atom is 0.257 e. The van der Waals surface area contributed by atoms with Gasteiger partial charge in [-0.1, -0.05) is 26.0 Å². The minimum atomic E-state index is -0.0557. The van der Waals surface area contributed by atoms with E-state index in [2.05, 4.69) is 24.5 Å². The molecule has 1 fully saturated rings. The Labute approximate surface area is 126 Å². The monoisotopic (exact) mass is 298 g/mol. The smallest absolute Gasteiger partial charge is 0.257 e. The van der Waals surface area contributed by atoms with E-state index in [0.29, 0.717) is 11.8 Å². The first kappa shape index (κ1) is 16.8. The molecule has 112 valence electrons. The van der Waals surface area contributed by atoms with Crippen LogP contribution in [0.5, 0.6) is 5.75 Å². The van der Waals surface area contributed by atoms with Crippen LogP contribution in [0.4, 0.5) is 0 Å². The predicted molar refractivity (Wildman–Crippen MR) is 82.6 cm³/mol. The molecule has 0 atom stereocenters. The van der Waals surface area contributed by atoms with E-state index in [1.165, 1.54) is 5.56 Å². The van der Waals surface area contributed by atoms with E-state index in [1.807, 2.05) is 24.3 Å². The van der Waals surface area contributed by atoms with Crippen molar-refractivity contribution in [2.24, 2.45) is 5.92 Å². The molecule has 20 heavy (non-hydrogen) atoms. The lowest BCUT2D eigenvalue weighted by atomic mass is 10.0. The minimum absolute atomic E-state index is 0. The molecule has 1 saturated heterocycles. The molecule has 1 aliphatic rings. The Kier molecular flexibility index (Phi) is 6.82. The fourth-order valence-corrected chi connectivity index (χ4v) is 1.90. The largest absolute Gasteiger partial charge is 0.484 e. The molecular formula is C15H23ClN2O2. The van der Waals surface area contributed by atoms with E-state index >= 15 is 0 Å². The quantitative estimate of drug-likeness (QED) is 0.844. The van der Waals surface area contributed by atoms with Gasteiger partial charge in [-0.15, -0.1) is 12.4 Å². The zero-order chi connectivity index (χ0) is 13.7. The summed E-state index contributed by atoms with van der Waals surface area (Å²) in [4.78, 5) is 11.6. The average molecular weight is 299 g/mol. The summed E-state index contributed by atoms with van der Waals surface area (Å²) in [5, 5.41) is 6.06. The van der Waals surface area contributed by atoms with Crippen LogP contribution in [0.1, 0.15) is 25.3 Å². The van der Waals surface area contributed by atoms with Crippen molar-refractivity contribution in [1.29, 1.82) is 0 Å². The van der Waals surface area contributed by atoms with Gasteiger partial charge in [0.25, 0.3) is 5.91 Å². The normalized spacial score (nSPS) is 14.3. The molecule has 0 bridgehead atoms. The van der Waals surface area contributed by atoms with Gasteiger partial charge in [0.1, 0.15) is 5.75 Å². The van der Waals surface area contributed by atoms with Gasteiger partial charge in [-0.3, -0.25) is 4.79 Å². The van der Waals surface area contributed by atoms with Crippen LogP contribution >= 0.6 is 12.4 Å². The van der Waals surface area contributed by atoms with Gasteiger partial charge in [-0.2, -0.15) is 0 Å². The number of carbonyl (C=O) groups is 1. The van der Waals surface area contributed by atoms with Gasteiger partial charge in [0, 0.05) is 25.6 Å². The van der Waals surface area contributed by atoms with Gasteiger partial charge in [-0.05, 0) is 23.6 Å². The third-order valence-electron chi connectivity index (χ3n) is 3.37. The number of amides is 1. The van der Waals surface area contributed by atoms with Gasteiger partial charge in [0.2, 0.25) is 0 Å². The number of hydrogen-bond donors (Lipinski definition) is 2. The van der Waals surface area contributed by atoms with Crippen LogP contribution in [0.25, 0.3) is 0 Å². The number of ether oxygens (including phenoxy) is 1. The summed E-state index contributed by atoms with van der Waals surface area (Å²) in [6, 6.07) is 7.91. The average Bonchev–Trinajstić information content (AvgIpc) is 2.35. The molecule has 1 heterocycles. The topological polar surface area (TPSA) is 50.4 Å². The van der Waals surface area contributed by atoms with Crippen LogP contribution in [0, 0.1) is 5.92 Å². The first-order valence-electron chi connectivity index (χ1n) is 6.85. The molecule has 5 heteroatoms. The fourth-order valence-electron chi connectivity index (χ4n) is 1.90. The van der Waals surface area contributed by atoms with Crippen molar-refractivity contribution in [3.63, 3.8) is 0 Å². The first-order chi connectivity index (χ1) is 9.15. The standard InChI is InChI=1S/C15H22N2O2.ClH/c1-11(2)13-3-5-14(6-4-13)19-10-15(18)17-9-12-7-16-8-12;/h3-6,11-12,16H,7-10H2,1-2H3,(H,17,18);1H. The van der Waals surface area contributed by atoms with Crippen LogP contribution in [0.2, 0.25) is 0 Å². The zero-order valence-electron chi connectivity index (χ0n) is 12.0. The second-order valence-corrected chi connectivity index (χ2v) is 5.34. The van der Waals surface area contributed by atoms with E-state index < -0.39 is 0 Å². The molecule has 0 spiro atoms. The summed E-state index contributed by atoms with van der Waals surface area (Å²) in [7, 11) is 0.